The number of hydrogen-bond donors (Lipinski definition) is 2. The molecule has 116 valence electrons. The highest BCUT2D eigenvalue weighted by Gasteiger charge is 2.22. The number of aryl methyl sites for hydroxylation is 1. The highest BCUT2D eigenvalue weighted by atomic mass is 19.1. The van der Waals surface area contributed by atoms with Crippen LogP contribution in [0.15, 0.2) is 12.3 Å². The number of pyridine rings is 1. The van der Waals surface area contributed by atoms with Crippen molar-refractivity contribution in [3.63, 3.8) is 0 Å². The highest BCUT2D eigenvalue weighted by molar-refractivity contribution is 5.95. The number of nitrogens with one attached hydrogen (secondary N) is 1. The third-order valence-electron chi connectivity index (χ3n) is 3.60. The van der Waals surface area contributed by atoms with Gasteiger partial charge in [-0.25, -0.2) is 14.1 Å². The zero-order valence-electron chi connectivity index (χ0n) is 12.3. The Morgan fingerprint density at radius 2 is 2.23 bits per heavy atom. The van der Waals surface area contributed by atoms with E-state index in [2.05, 4.69) is 15.4 Å². The maximum atomic E-state index is 13.8. The maximum absolute atomic E-state index is 13.8. The minimum Gasteiger partial charge on any atom is -0.484 e. The van der Waals surface area contributed by atoms with Gasteiger partial charge in [-0.15, -0.1) is 0 Å². The van der Waals surface area contributed by atoms with Gasteiger partial charge >= 0.3 is 0 Å². The molecular weight excluding hydrogens is 289 g/mol. The smallest absolute Gasteiger partial charge is 0.252 e. The summed E-state index contributed by atoms with van der Waals surface area (Å²) in [7, 11) is 0. The van der Waals surface area contributed by atoms with E-state index in [0.717, 1.165) is 6.20 Å². The second kappa shape index (κ2) is 5.38. The summed E-state index contributed by atoms with van der Waals surface area (Å²) in [5, 5.41) is 7.30. The van der Waals surface area contributed by atoms with Gasteiger partial charge in [0.15, 0.2) is 17.4 Å². The number of halogens is 1. The summed E-state index contributed by atoms with van der Waals surface area (Å²) in [4.78, 5) is 15.5. The molecule has 1 fully saturated rings. The van der Waals surface area contributed by atoms with E-state index < -0.39 is 11.7 Å². The van der Waals surface area contributed by atoms with Crippen LogP contribution in [0.2, 0.25) is 0 Å². The molecule has 2 aromatic rings. The molecule has 1 amide bonds. The van der Waals surface area contributed by atoms with Crippen molar-refractivity contribution in [2.45, 2.75) is 20.0 Å². The van der Waals surface area contributed by atoms with Crippen molar-refractivity contribution in [3.8, 4) is 11.6 Å². The number of aromatic nitrogens is 3. The molecule has 3 N–H and O–H groups in total. The Bertz CT molecular complexity index is 739. The third-order valence-corrected chi connectivity index (χ3v) is 3.60. The van der Waals surface area contributed by atoms with Gasteiger partial charge in [0.2, 0.25) is 0 Å². The molecule has 0 spiro atoms. The number of hydrogen-bond acceptors (Lipinski definition) is 5. The second-order valence-electron chi connectivity index (χ2n) is 5.19. The lowest BCUT2D eigenvalue weighted by atomic mass is 10.2. The first-order chi connectivity index (χ1) is 10.5. The summed E-state index contributed by atoms with van der Waals surface area (Å²) in [6.45, 7) is 4.76. The molecule has 3 rings (SSSR count). The third kappa shape index (κ3) is 2.41. The average Bonchev–Trinajstić information content (AvgIpc) is 2.71. The minimum atomic E-state index is -0.555. The number of primary amides is 1. The van der Waals surface area contributed by atoms with Gasteiger partial charge in [0, 0.05) is 19.2 Å². The largest absolute Gasteiger partial charge is 0.484 e. The lowest BCUT2D eigenvalue weighted by Crippen LogP contribution is -2.50. The van der Waals surface area contributed by atoms with Crippen LogP contribution in [0.25, 0.3) is 5.82 Å². The van der Waals surface area contributed by atoms with Crippen molar-refractivity contribution in [2.24, 2.45) is 5.73 Å². The standard InChI is InChI=1S/C14H16FN5O2/c1-7-13(14(16)21)8(2)20(19-7)12-3-11(10(15)6-18-12)22-9-4-17-5-9/h3,6,9,17H,4-5H2,1-2H3,(H2,16,21). The van der Waals surface area contributed by atoms with Crippen molar-refractivity contribution < 1.29 is 13.9 Å². The molecule has 1 saturated heterocycles. The van der Waals surface area contributed by atoms with Crippen LogP contribution in [0, 0.1) is 19.7 Å². The van der Waals surface area contributed by atoms with E-state index in [1.807, 2.05) is 0 Å². The number of nitrogens with two attached hydrogens (primary N) is 1. The number of carbonyl (C=O) groups is 1. The highest BCUT2D eigenvalue weighted by Crippen LogP contribution is 2.23. The molecule has 0 aromatic carbocycles. The van der Waals surface area contributed by atoms with Gasteiger partial charge in [0.1, 0.15) is 6.10 Å². The lowest BCUT2D eigenvalue weighted by Gasteiger charge is -2.27. The lowest BCUT2D eigenvalue weighted by molar-refractivity contribution is 0.0999. The van der Waals surface area contributed by atoms with Crippen LogP contribution in [0.4, 0.5) is 4.39 Å². The fourth-order valence-electron chi connectivity index (χ4n) is 2.36. The van der Waals surface area contributed by atoms with Crippen LogP contribution in [0.1, 0.15) is 21.7 Å². The quantitative estimate of drug-likeness (QED) is 0.856. The molecule has 2 aromatic heterocycles. The fourth-order valence-corrected chi connectivity index (χ4v) is 2.36. The van der Waals surface area contributed by atoms with Gasteiger partial charge in [-0.05, 0) is 13.8 Å². The molecule has 0 unspecified atom stereocenters. The number of ether oxygens (including phenoxy) is 1. The Balaban J connectivity index is 1.99. The van der Waals surface area contributed by atoms with E-state index in [4.69, 9.17) is 10.5 Å². The molecule has 8 heteroatoms. The van der Waals surface area contributed by atoms with Gasteiger partial charge in [-0.1, -0.05) is 0 Å². The predicted molar refractivity (Wildman–Crippen MR) is 76.6 cm³/mol. The van der Waals surface area contributed by atoms with Gasteiger partial charge in [0.25, 0.3) is 5.91 Å². The number of rotatable bonds is 4. The molecular formula is C14H16FN5O2. The first-order valence-corrected chi connectivity index (χ1v) is 6.86. The fraction of sp³-hybridized carbons (Fsp3) is 0.357. The van der Waals surface area contributed by atoms with Gasteiger partial charge in [0.05, 0.1) is 23.1 Å². The van der Waals surface area contributed by atoms with Crippen LogP contribution in [0.3, 0.4) is 0 Å². The number of amides is 1. The Hall–Kier alpha value is -2.48. The first-order valence-electron chi connectivity index (χ1n) is 6.86. The predicted octanol–water partition coefficient (Wildman–Crippen LogP) is 0.473. The van der Waals surface area contributed by atoms with E-state index in [9.17, 15) is 9.18 Å². The van der Waals surface area contributed by atoms with Crippen molar-refractivity contribution in [2.75, 3.05) is 13.1 Å². The zero-order valence-corrected chi connectivity index (χ0v) is 12.3. The van der Waals surface area contributed by atoms with E-state index in [0.29, 0.717) is 35.9 Å². The summed E-state index contributed by atoms with van der Waals surface area (Å²) in [6.07, 6.45) is 1.03. The van der Waals surface area contributed by atoms with Gasteiger partial charge < -0.3 is 15.8 Å². The molecule has 7 nitrogen and oxygen atoms in total. The molecule has 22 heavy (non-hydrogen) atoms. The molecule has 0 bridgehead atoms. The summed E-state index contributed by atoms with van der Waals surface area (Å²) in [6, 6.07) is 1.47. The Morgan fingerprint density at radius 1 is 1.50 bits per heavy atom. The Labute approximate surface area is 126 Å². The van der Waals surface area contributed by atoms with Crippen molar-refractivity contribution >= 4 is 5.91 Å². The van der Waals surface area contributed by atoms with Crippen LogP contribution >= 0.6 is 0 Å². The van der Waals surface area contributed by atoms with Crippen LogP contribution < -0.4 is 15.8 Å². The molecule has 1 aliphatic rings. The molecule has 0 radical (unpaired) electrons. The molecule has 0 atom stereocenters. The van der Waals surface area contributed by atoms with Crippen LogP contribution in [-0.2, 0) is 0 Å². The maximum Gasteiger partial charge on any atom is 0.252 e. The van der Waals surface area contributed by atoms with Crippen molar-refractivity contribution in [1.82, 2.24) is 20.1 Å². The normalized spacial score (nSPS) is 14.7. The first kappa shape index (κ1) is 14.5. The summed E-state index contributed by atoms with van der Waals surface area (Å²) in [5.41, 5.74) is 6.75. The molecule has 1 aliphatic heterocycles. The SMILES string of the molecule is Cc1nn(-c2cc(OC3CNC3)c(F)cn2)c(C)c1C(N)=O. The van der Waals surface area contributed by atoms with Gasteiger partial charge in [-0.2, -0.15) is 5.10 Å². The van der Waals surface area contributed by atoms with Crippen LogP contribution in [-0.4, -0.2) is 39.9 Å². The summed E-state index contributed by atoms with van der Waals surface area (Å²) < 4.78 is 20.8. The topological polar surface area (TPSA) is 95.1 Å². The average molecular weight is 305 g/mol. The Kier molecular flexibility index (Phi) is 3.53. The number of nitrogens with zero attached hydrogens (tertiary/aromatic N) is 3. The van der Waals surface area contributed by atoms with E-state index in [1.165, 1.54) is 10.7 Å². The number of carbonyl (C=O) groups excluding carboxylic acids is 1. The van der Waals surface area contributed by atoms with Crippen LogP contribution in [0.5, 0.6) is 5.75 Å². The van der Waals surface area contributed by atoms with E-state index in [1.54, 1.807) is 13.8 Å². The van der Waals surface area contributed by atoms with E-state index >= 15 is 0 Å². The molecule has 0 saturated carbocycles. The van der Waals surface area contributed by atoms with Crippen molar-refractivity contribution in [3.05, 3.63) is 35.0 Å². The second-order valence-corrected chi connectivity index (χ2v) is 5.19. The monoisotopic (exact) mass is 305 g/mol. The minimum absolute atomic E-state index is 0.0496. The van der Waals surface area contributed by atoms with E-state index in [-0.39, 0.29) is 11.9 Å². The van der Waals surface area contributed by atoms with Crippen molar-refractivity contribution in [1.29, 1.82) is 0 Å². The van der Waals surface area contributed by atoms with Gasteiger partial charge in [-0.3, -0.25) is 4.79 Å². The molecule has 0 aliphatic carbocycles. The zero-order chi connectivity index (χ0) is 15.9. The molecule has 3 heterocycles. The Morgan fingerprint density at radius 3 is 2.77 bits per heavy atom. The summed E-state index contributed by atoms with van der Waals surface area (Å²) >= 11 is 0. The summed E-state index contributed by atoms with van der Waals surface area (Å²) in [5.74, 6) is -0.603.